The zero-order valence-corrected chi connectivity index (χ0v) is 25.0. The SMILES string of the molecule is CC(C)CCC[C@@H](C)[C@H]1CC[C@H]2[C@@H]3CC4OC45C[C@@H](OCCN(O)CC(=O)O)CC[C@]5(C)[C@@]3(C)CC[C@]12C. The Hall–Kier alpha value is -0.690. The van der Waals surface area contributed by atoms with Crippen LogP contribution in [0.4, 0.5) is 0 Å². The Kier molecular flexibility index (Phi) is 7.81. The highest BCUT2D eigenvalue weighted by Gasteiger charge is 2.79. The molecule has 38 heavy (non-hydrogen) atoms. The van der Waals surface area contributed by atoms with Crippen LogP contribution in [0.3, 0.4) is 0 Å². The molecule has 2 N–H and O–H groups in total. The van der Waals surface area contributed by atoms with Crippen molar-refractivity contribution in [1.82, 2.24) is 5.06 Å². The first-order chi connectivity index (χ1) is 17.9. The van der Waals surface area contributed by atoms with Gasteiger partial charge in [0.25, 0.3) is 0 Å². The first kappa shape index (κ1) is 28.8. The van der Waals surface area contributed by atoms with Crippen LogP contribution >= 0.6 is 0 Å². The van der Waals surface area contributed by atoms with Gasteiger partial charge in [0.05, 0.1) is 18.8 Å². The van der Waals surface area contributed by atoms with Crippen LogP contribution in [-0.4, -0.2) is 58.9 Å². The van der Waals surface area contributed by atoms with Gasteiger partial charge in [-0.1, -0.05) is 60.8 Å². The summed E-state index contributed by atoms with van der Waals surface area (Å²) in [5, 5.41) is 19.4. The van der Waals surface area contributed by atoms with Gasteiger partial charge in [-0.15, -0.1) is 0 Å². The second-order valence-corrected chi connectivity index (χ2v) is 15.2. The summed E-state index contributed by atoms with van der Waals surface area (Å²) in [6.45, 7) is 15.3. The van der Waals surface area contributed by atoms with Crippen molar-refractivity contribution in [3.63, 3.8) is 0 Å². The predicted molar refractivity (Wildman–Crippen MR) is 148 cm³/mol. The number of carboxylic acids is 1. The lowest BCUT2D eigenvalue weighted by molar-refractivity contribution is -0.181. The molecule has 6 nitrogen and oxygen atoms in total. The lowest BCUT2D eigenvalue weighted by Gasteiger charge is -2.65. The fraction of sp³-hybridized carbons (Fsp3) is 0.969. The van der Waals surface area contributed by atoms with Gasteiger partial charge in [0.1, 0.15) is 12.1 Å². The van der Waals surface area contributed by atoms with E-state index < -0.39 is 5.97 Å². The molecule has 0 aromatic heterocycles. The molecule has 0 bridgehead atoms. The van der Waals surface area contributed by atoms with E-state index in [4.69, 9.17) is 14.6 Å². The maximum Gasteiger partial charge on any atom is 0.320 e. The van der Waals surface area contributed by atoms with E-state index in [-0.39, 0.29) is 30.2 Å². The Labute approximate surface area is 231 Å². The number of fused-ring (bicyclic) bond motifs is 4. The zero-order valence-electron chi connectivity index (χ0n) is 25.0. The highest BCUT2D eigenvalue weighted by molar-refractivity contribution is 5.68. The van der Waals surface area contributed by atoms with Gasteiger partial charge in [0.2, 0.25) is 0 Å². The Balaban J connectivity index is 1.24. The Morgan fingerprint density at radius 2 is 1.82 bits per heavy atom. The summed E-state index contributed by atoms with van der Waals surface area (Å²) in [5.41, 5.74) is 0.923. The Morgan fingerprint density at radius 1 is 1.05 bits per heavy atom. The van der Waals surface area contributed by atoms with Gasteiger partial charge >= 0.3 is 5.97 Å². The second kappa shape index (κ2) is 10.3. The minimum absolute atomic E-state index is 0.0585. The zero-order chi connectivity index (χ0) is 27.5. The number of aliphatic carboxylic acids is 1. The largest absolute Gasteiger partial charge is 0.480 e. The van der Waals surface area contributed by atoms with Crippen molar-refractivity contribution >= 4 is 5.97 Å². The summed E-state index contributed by atoms with van der Waals surface area (Å²) in [5.74, 6) is 3.08. The maximum atomic E-state index is 10.8. The molecular formula is C32H55NO5. The first-order valence-electron chi connectivity index (χ1n) is 15.8. The van der Waals surface area contributed by atoms with Gasteiger partial charge in [-0.3, -0.25) is 4.79 Å². The molecule has 6 heteroatoms. The van der Waals surface area contributed by atoms with Crippen molar-refractivity contribution in [1.29, 1.82) is 0 Å². The van der Waals surface area contributed by atoms with E-state index in [2.05, 4.69) is 41.5 Å². The van der Waals surface area contributed by atoms with Crippen molar-refractivity contribution in [3.8, 4) is 0 Å². The standard InChI is InChI=1S/C32H55NO5/c1-21(2)8-7-9-22(3)24-10-11-25-26-18-27-32(38-27)19-23(37-17-16-33(36)20-28(34)35)12-13-31(32,6)30(26,5)15-14-29(24,25)4/h21-27,36H,7-20H2,1-6H3,(H,34,35)/t22-,23+,24-,25+,26+,27?,29-,30+,31-,32?/m1/s1. The lowest BCUT2D eigenvalue weighted by atomic mass is 9.38. The highest BCUT2D eigenvalue weighted by Crippen LogP contribution is 2.78. The molecule has 10 atom stereocenters. The third-order valence-electron chi connectivity index (χ3n) is 13.1. The van der Waals surface area contributed by atoms with E-state index in [1.807, 2.05) is 0 Å². The summed E-state index contributed by atoms with van der Waals surface area (Å²) in [4.78, 5) is 10.8. The van der Waals surface area contributed by atoms with Crippen LogP contribution in [0.1, 0.15) is 112 Å². The van der Waals surface area contributed by atoms with Crippen LogP contribution in [0.15, 0.2) is 0 Å². The van der Waals surface area contributed by atoms with E-state index in [9.17, 15) is 10.0 Å². The topological polar surface area (TPSA) is 82.5 Å². The van der Waals surface area contributed by atoms with Crippen LogP contribution in [0.5, 0.6) is 0 Å². The number of epoxide rings is 1. The van der Waals surface area contributed by atoms with Gasteiger partial charge in [0.15, 0.2) is 0 Å². The normalized spacial score (nSPS) is 46.3. The van der Waals surface area contributed by atoms with E-state index in [0.29, 0.717) is 23.5 Å². The monoisotopic (exact) mass is 533 g/mol. The summed E-state index contributed by atoms with van der Waals surface area (Å²) >= 11 is 0. The van der Waals surface area contributed by atoms with E-state index in [1.54, 1.807) is 0 Å². The van der Waals surface area contributed by atoms with E-state index in [1.165, 1.54) is 51.4 Å². The fourth-order valence-electron chi connectivity index (χ4n) is 10.7. The lowest BCUT2D eigenvalue weighted by Crippen LogP contribution is -2.64. The first-order valence-corrected chi connectivity index (χ1v) is 15.8. The number of hydrogen-bond donors (Lipinski definition) is 2. The number of ether oxygens (including phenoxy) is 2. The molecule has 2 unspecified atom stereocenters. The molecule has 5 aliphatic rings. The molecule has 1 saturated heterocycles. The molecule has 218 valence electrons. The summed E-state index contributed by atoms with van der Waals surface area (Å²) in [6, 6.07) is 0. The van der Waals surface area contributed by atoms with E-state index in [0.717, 1.165) is 53.9 Å². The molecular weight excluding hydrogens is 478 g/mol. The Morgan fingerprint density at radius 3 is 2.53 bits per heavy atom. The number of rotatable bonds is 11. The van der Waals surface area contributed by atoms with Gasteiger partial charge in [-0.05, 0) is 85.4 Å². The molecule has 1 spiro atoms. The van der Waals surface area contributed by atoms with Crippen LogP contribution in [-0.2, 0) is 14.3 Å². The summed E-state index contributed by atoms with van der Waals surface area (Å²) in [6.07, 6.45) is 14.5. The molecule has 1 heterocycles. The summed E-state index contributed by atoms with van der Waals surface area (Å²) in [7, 11) is 0. The third kappa shape index (κ3) is 4.58. The molecule has 5 rings (SSSR count). The average molecular weight is 534 g/mol. The van der Waals surface area contributed by atoms with Crippen LogP contribution < -0.4 is 0 Å². The second-order valence-electron chi connectivity index (χ2n) is 15.2. The van der Waals surface area contributed by atoms with Crippen molar-refractivity contribution < 1.29 is 24.6 Å². The number of carbonyl (C=O) groups is 1. The molecule has 0 aromatic rings. The van der Waals surface area contributed by atoms with Crippen molar-refractivity contribution in [2.45, 2.75) is 130 Å². The smallest absolute Gasteiger partial charge is 0.320 e. The molecule has 0 aromatic carbocycles. The third-order valence-corrected chi connectivity index (χ3v) is 13.1. The van der Waals surface area contributed by atoms with Crippen molar-refractivity contribution in [3.05, 3.63) is 0 Å². The molecule has 0 radical (unpaired) electrons. The number of hydroxylamine groups is 2. The van der Waals surface area contributed by atoms with E-state index >= 15 is 0 Å². The minimum atomic E-state index is -1.03. The molecule has 4 saturated carbocycles. The average Bonchev–Trinajstić information content (AvgIpc) is 3.41. The maximum absolute atomic E-state index is 10.8. The number of hydrogen-bond acceptors (Lipinski definition) is 5. The summed E-state index contributed by atoms with van der Waals surface area (Å²) < 4.78 is 12.9. The number of nitrogens with zero attached hydrogens (tertiary/aromatic N) is 1. The van der Waals surface area contributed by atoms with Crippen molar-refractivity contribution in [2.75, 3.05) is 19.7 Å². The van der Waals surface area contributed by atoms with Gasteiger partial charge in [-0.2, -0.15) is 5.06 Å². The van der Waals surface area contributed by atoms with Crippen LogP contribution in [0.2, 0.25) is 0 Å². The van der Waals surface area contributed by atoms with Crippen LogP contribution in [0, 0.1) is 45.8 Å². The molecule has 4 aliphatic carbocycles. The molecule has 1 aliphatic heterocycles. The quantitative estimate of drug-likeness (QED) is 0.225. The Bertz CT molecular complexity index is 880. The number of carboxylic acid groups (broad SMARTS) is 1. The van der Waals surface area contributed by atoms with Crippen molar-refractivity contribution in [2.24, 2.45) is 45.8 Å². The molecule has 5 fully saturated rings. The fourth-order valence-corrected chi connectivity index (χ4v) is 10.7. The van der Waals surface area contributed by atoms with Crippen LogP contribution in [0.25, 0.3) is 0 Å². The minimum Gasteiger partial charge on any atom is -0.480 e. The van der Waals surface area contributed by atoms with Gasteiger partial charge in [0, 0.05) is 18.4 Å². The predicted octanol–water partition coefficient (Wildman–Crippen LogP) is 6.79. The van der Waals surface area contributed by atoms with Gasteiger partial charge in [-0.25, -0.2) is 0 Å². The van der Waals surface area contributed by atoms with Gasteiger partial charge < -0.3 is 19.8 Å². The molecule has 0 amide bonds. The highest BCUT2D eigenvalue weighted by atomic mass is 16.6.